The Labute approximate surface area is 150 Å². The molecule has 0 bridgehead atoms. The second-order valence-corrected chi connectivity index (χ2v) is 7.30. The number of hydrogen-bond donors (Lipinski definition) is 2. The van der Waals surface area contributed by atoms with Crippen LogP contribution in [-0.2, 0) is 16.1 Å². The second-order valence-electron chi connectivity index (χ2n) is 5.91. The number of amides is 1. The van der Waals surface area contributed by atoms with Gasteiger partial charge in [-0.2, -0.15) is 0 Å². The molecule has 1 amide bonds. The highest BCUT2D eigenvalue weighted by Crippen LogP contribution is 2.17. The Morgan fingerprint density at radius 2 is 2.38 bits per heavy atom. The van der Waals surface area contributed by atoms with E-state index in [2.05, 4.69) is 21.7 Å². The summed E-state index contributed by atoms with van der Waals surface area (Å²) in [5, 5.41) is 5.23. The van der Waals surface area contributed by atoms with E-state index in [4.69, 9.17) is 16.3 Å². The summed E-state index contributed by atoms with van der Waals surface area (Å²) in [6, 6.07) is 7.66. The third kappa shape index (κ3) is 5.01. The number of pyridine rings is 1. The summed E-state index contributed by atoms with van der Waals surface area (Å²) in [5.41, 5.74) is 0.553. The molecule has 7 heteroatoms. The van der Waals surface area contributed by atoms with Gasteiger partial charge in [-0.25, -0.2) is 4.98 Å². The molecule has 1 unspecified atom stereocenters. The number of rotatable bonds is 7. The molecule has 128 valence electrons. The van der Waals surface area contributed by atoms with Crippen LogP contribution in [0.15, 0.2) is 35.8 Å². The van der Waals surface area contributed by atoms with Gasteiger partial charge < -0.3 is 15.0 Å². The Morgan fingerprint density at radius 1 is 1.46 bits per heavy atom. The molecule has 1 aliphatic rings. The van der Waals surface area contributed by atoms with Gasteiger partial charge in [0, 0.05) is 12.8 Å². The minimum Gasteiger partial charge on any atom is -0.372 e. The van der Waals surface area contributed by atoms with Crippen LogP contribution in [0.1, 0.15) is 17.7 Å². The largest absolute Gasteiger partial charge is 0.372 e. The molecule has 1 aliphatic heterocycles. The van der Waals surface area contributed by atoms with Crippen LogP contribution in [0.5, 0.6) is 0 Å². The third-order valence-electron chi connectivity index (χ3n) is 3.99. The van der Waals surface area contributed by atoms with Gasteiger partial charge in [0.1, 0.15) is 19.2 Å². The first-order chi connectivity index (χ1) is 11.7. The molecule has 0 radical (unpaired) electrons. The van der Waals surface area contributed by atoms with E-state index in [9.17, 15) is 4.79 Å². The number of quaternary nitrogens is 1. The van der Waals surface area contributed by atoms with Gasteiger partial charge in [-0.1, -0.05) is 17.7 Å². The fraction of sp³-hybridized carbons (Fsp3) is 0.412. The standard InChI is InChI=1S/C17H20ClN3O2S/c18-17-15(6-1-7-19-17)20-16(22)12-21(10-13-4-2-8-23-13)11-14-5-3-9-24-14/h1,3,5-7,9,13H,2,4,8,10-12H2,(H,20,22)/p+1/t13-/m0/s1. The monoisotopic (exact) mass is 366 g/mol. The predicted molar refractivity (Wildman–Crippen MR) is 95.6 cm³/mol. The van der Waals surface area contributed by atoms with Crippen LogP contribution in [0.25, 0.3) is 0 Å². The average molecular weight is 367 g/mol. The highest BCUT2D eigenvalue weighted by atomic mass is 35.5. The number of thiophene rings is 1. The maximum Gasteiger partial charge on any atom is 0.279 e. The number of carbonyl (C=O) groups is 1. The Bertz CT molecular complexity index is 660. The Balaban J connectivity index is 1.61. The summed E-state index contributed by atoms with van der Waals surface area (Å²) >= 11 is 7.72. The van der Waals surface area contributed by atoms with Crippen molar-refractivity contribution in [3.63, 3.8) is 0 Å². The number of aromatic nitrogens is 1. The summed E-state index contributed by atoms with van der Waals surface area (Å²) < 4.78 is 5.74. The quantitative estimate of drug-likeness (QED) is 0.737. The van der Waals surface area contributed by atoms with Crippen molar-refractivity contribution in [1.82, 2.24) is 4.98 Å². The minimum absolute atomic E-state index is 0.0607. The van der Waals surface area contributed by atoms with Gasteiger partial charge in [0.25, 0.3) is 5.91 Å². The fourth-order valence-electron chi connectivity index (χ4n) is 2.89. The summed E-state index contributed by atoms with van der Waals surface area (Å²) in [7, 11) is 0. The molecule has 2 atom stereocenters. The summed E-state index contributed by atoms with van der Waals surface area (Å²) in [6.07, 6.45) is 4.03. The molecule has 24 heavy (non-hydrogen) atoms. The first kappa shape index (κ1) is 17.4. The van der Waals surface area contributed by atoms with E-state index in [1.165, 1.54) is 9.78 Å². The third-order valence-corrected chi connectivity index (χ3v) is 5.17. The number of carbonyl (C=O) groups excluding carboxylic acids is 1. The normalized spacial score (nSPS) is 18.5. The van der Waals surface area contributed by atoms with Crippen molar-refractivity contribution in [2.24, 2.45) is 0 Å². The average Bonchev–Trinajstić information content (AvgIpc) is 3.23. The van der Waals surface area contributed by atoms with Gasteiger partial charge in [0.05, 0.1) is 10.6 Å². The molecule has 0 aromatic carbocycles. The minimum atomic E-state index is -0.0607. The van der Waals surface area contributed by atoms with Gasteiger partial charge in [0.15, 0.2) is 11.7 Å². The van der Waals surface area contributed by atoms with Gasteiger partial charge in [0.2, 0.25) is 0 Å². The van der Waals surface area contributed by atoms with Crippen molar-refractivity contribution in [2.75, 3.05) is 25.0 Å². The van der Waals surface area contributed by atoms with Crippen LogP contribution in [0.4, 0.5) is 5.69 Å². The number of halogens is 1. The van der Waals surface area contributed by atoms with Gasteiger partial charge >= 0.3 is 0 Å². The van der Waals surface area contributed by atoms with Gasteiger partial charge in [-0.3, -0.25) is 4.79 Å². The highest BCUT2D eigenvalue weighted by Gasteiger charge is 2.24. The molecule has 2 aromatic heterocycles. The number of hydrogen-bond acceptors (Lipinski definition) is 4. The lowest BCUT2D eigenvalue weighted by molar-refractivity contribution is -0.908. The summed E-state index contributed by atoms with van der Waals surface area (Å²) in [4.78, 5) is 18.9. The lowest BCUT2D eigenvalue weighted by atomic mass is 10.2. The van der Waals surface area contributed by atoms with Crippen LogP contribution in [0.2, 0.25) is 5.15 Å². The SMILES string of the molecule is O=C(C[NH+](Cc1cccs1)C[C@@H]1CCCO1)Nc1cccnc1Cl. The van der Waals surface area contributed by atoms with E-state index in [0.29, 0.717) is 17.4 Å². The molecule has 1 fully saturated rings. The van der Waals surface area contributed by atoms with E-state index in [-0.39, 0.29) is 12.0 Å². The van der Waals surface area contributed by atoms with Crippen molar-refractivity contribution in [3.8, 4) is 0 Å². The molecule has 3 rings (SSSR count). The zero-order chi connectivity index (χ0) is 16.8. The van der Waals surface area contributed by atoms with Gasteiger partial charge in [-0.05, 0) is 36.4 Å². The molecular formula is C17H21ClN3O2S+. The maximum atomic E-state index is 12.4. The van der Waals surface area contributed by atoms with E-state index in [1.54, 1.807) is 29.7 Å². The first-order valence-electron chi connectivity index (χ1n) is 8.08. The number of nitrogens with zero attached hydrogens (tertiary/aromatic N) is 1. The Hall–Kier alpha value is -1.47. The van der Waals surface area contributed by atoms with Crippen LogP contribution in [0.3, 0.4) is 0 Å². The molecule has 3 heterocycles. The molecular weight excluding hydrogens is 346 g/mol. The van der Waals surface area contributed by atoms with Crippen LogP contribution in [-0.4, -0.2) is 36.7 Å². The van der Waals surface area contributed by atoms with E-state index >= 15 is 0 Å². The molecule has 5 nitrogen and oxygen atoms in total. The number of anilines is 1. The topological polar surface area (TPSA) is 55.7 Å². The molecule has 1 saturated heterocycles. The highest BCUT2D eigenvalue weighted by molar-refractivity contribution is 7.09. The molecule has 2 N–H and O–H groups in total. The maximum absolute atomic E-state index is 12.4. The molecule has 0 saturated carbocycles. The molecule has 0 spiro atoms. The van der Waals surface area contributed by atoms with Crippen LogP contribution >= 0.6 is 22.9 Å². The molecule has 2 aromatic rings. The van der Waals surface area contributed by atoms with Crippen molar-refractivity contribution in [1.29, 1.82) is 0 Å². The van der Waals surface area contributed by atoms with Crippen LogP contribution < -0.4 is 10.2 Å². The van der Waals surface area contributed by atoms with E-state index < -0.39 is 0 Å². The fourth-order valence-corrected chi connectivity index (χ4v) is 3.84. The zero-order valence-electron chi connectivity index (χ0n) is 13.3. The van der Waals surface area contributed by atoms with Crippen molar-refractivity contribution in [2.45, 2.75) is 25.5 Å². The Morgan fingerprint density at radius 3 is 3.08 bits per heavy atom. The van der Waals surface area contributed by atoms with Gasteiger partial charge in [-0.15, -0.1) is 11.3 Å². The van der Waals surface area contributed by atoms with Crippen molar-refractivity contribution >= 4 is 34.5 Å². The first-order valence-corrected chi connectivity index (χ1v) is 9.34. The summed E-state index contributed by atoms with van der Waals surface area (Å²) in [5.74, 6) is -0.0607. The predicted octanol–water partition coefficient (Wildman–Crippen LogP) is 2.00. The smallest absolute Gasteiger partial charge is 0.279 e. The van der Waals surface area contributed by atoms with E-state index in [0.717, 1.165) is 32.5 Å². The lowest BCUT2D eigenvalue weighted by Crippen LogP contribution is -3.12. The lowest BCUT2D eigenvalue weighted by Gasteiger charge is -2.21. The van der Waals surface area contributed by atoms with Crippen LogP contribution in [0, 0.1) is 0 Å². The second kappa shape index (κ2) is 8.58. The number of ether oxygens (including phenoxy) is 1. The van der Waals surface area contributed by atoms with E-state index in [1.807, 2.05) is 6.07 Å². The zero-order valence-corrected chi connectivity index (χ0v) is 14.9. The van der Waals surface area contributed by atoms with Crippen molar-refractivity contribution in [3.05, 3.63) is 45.9 Å². The molecule has 0 aliphatic carbocycles. The van der Waals surface area contributed by atoms with Crippen molar-refractivity contribution < 1.29 is 14.4 Å². The number of nitrogens with one attached hydrogen (secondary N) is 2. The summed E-state index contributed by atoms with van der Waals surface area (Å²) in [6.45, 7) is 2.87. The Kier molecular flexibility index (Phi) is 6.20.